The fourth-order valence-corrected chi connectivity index (χ4v) is 1.65. The Kier molecular flexibility index (Phi) is 5.92. The van der Waals surface area contributed by atoms with Gasteiger partial charge in [0.1, 0.15) is 6.04 Å². The molecule has 110 valence electrons. The number of esters is 1. The van der Waals surface area contributed by atoms with Crippen LogP contribution in [0.15, 0.2) is 18.2 Å². The van der Waals surface area contributed by atoms with Crippen LogP contribution in [0.2, 0.25) is 0 Å². The number of hydrogen-bond donors (Lipinski definition) is 1. The molecule has 1 aromatic carbocycles. The van der Waals surface area contributed by atoms with Crippen LogP contribution in [0.1, 0.15) is 18.9 Å². The van der Waals surface area contributed by atoms with Crippen molar-refractivity contribution in [2.45, 2.75) is 26.3 Å². The van der Waals surface area contributed by atoms with Crippen molar-refractivity contribution in [3.8, 4) is 5.75 Å². The van der Waals surface area contributed by atoms with Gasteiger partial charge in [0.25, 0.3) is 0 Å². The third-order valence-corrected chi connectivity index (χ3v) is 2.66. The Morgan fingerprint density at radius 2 is 2.20 bits per heavy atom. The maximum Gasteiger partial charge on any atom is 0.323 e. The molecule has 0 aliphatic rings. The maximum absolute atomic E-state index is 11.3. The van der Waals surface area contributed by atoms with Crippen molar-refractivity contribution in [2.24, 2.45) is 5.73 Å². The molecule has 20 heavy (non-hydrogen) atoms. The van der Waals surface area contributed by atoms with E-state index in [9.17, 15) is 14.9 Å². The highest BCUT2D eigenvalue weighted by molar-refractivity contribution is 5.75. The summed E-state index contributed by atoms with van der Waals surface area (Å²) in [4.78, 5) is 21.8. The summed E-state index contributed by atoms with van der Waals surface area (Å²) in [5, 5.41) is 11.0. The second-order valence-electron chi connectivity index (χ2n) is 4.17. The Balaban J connectivity index is 2.61. The lowest BCUT2D eigenvalue weighted by atomic mass is 10.2. The number of nitrogens with two attached hydrogens (primary N) is 1. The molecule has 7 heteroatoms. The standard InChI is InChI=1S/C13H18N2O5/c1-3-19-13(16)10(14)7-8-20-11-6-4-5-9(2)12(11)15(17)18/h4-6,10H,3,7-8,14H2,1-2H3. The number of benzene rings is 1. The highest BCUT2D eigenvalue weighted by Gasteiger charge is 2.19. The predicted octanol–water partition coefficient (Wildman–Crippen LogP) is 1.56. The zero-order valence-corrected chi connectivity index (χ0v) is 11.5. The van der Waals surface area contributed by atoms with E-state index in [1.54, 1.807) is 26.0 Å². The molecular formula is C13H18N2O5. The predicted molar refractivity (Wildman–Crippen MR) is 72.6 cm³/mol. The second kappa shape index (κ2) is 7.44. The van der Waals surface area contributed by atoms with Gasteiger partial charge in [0.05, 0.1) is 18.1 Å². The topological polar surface area (TPSA) is 105 Å². The van der Waals surface area contributed by atoms with E-state index < -0.39 is 16.9 Å². The molecule has 0 aliphatic heterocycles. The molecule has 0 aliphatic carbocycles. The first-order valence-electron chi connectivity index (χ1n) is 6.26. The smallest absolute Gasteiger partial charge is 0.323 e. The molecule has 0 amide bonds. The van der Waals surface area contributed by atoms with Crippen molar-refractivity contribution in [2.75, 3.05) is 13.2 Å². The Morgan fingerprint density at radius 1 is 1.50 bits per heavy atom. The van der Waals surface area contributed by atoms with Gasteiger partial charge in [-0.05, 0) is 19.9 Å². The fourth-order valence-electron chi connectivity index (χ4n) is 1.65. The fraction of sp³-hybridized carbons (Fsp3) is 0.462. The van der Waals surface area contributed by atoms with E-state index in [-0.39, 0.29) is 31.1 Å². The monoisotopic (exact) mass is 282 g/mol. The van der Waals surface area contributed by atoms with Crippen LogP contribution in [0.25, 0.3) is 0 Å². The summed E-state index contributed by atoms with van der Waals surface area (Å²) in [5.41, 5.74) is 6.05. The Morgan fingerprint density at radius 3 is 2.80 bits per heavy atom. The van der Waals surface area contributed by atoms with E-state index in [0.29, 0.717) is 5.56 Å². The van der Waals surface area contributed by atoms with Gasteiger partial charge in [0.2, 0.25) is 0 Å². The largest absolute Gasteiger partial charge is 0.487 e. The van der Waals surface area contributed by atoms with Crippen molar-refractivity contribution in [3.05, 3.63) is 33.9 Å². The van der Waals surface area contributed by atoms with Crippen LogP contribution in [0.3, 0.4) is 0 Å². The summed E-state index contributed by atoms with van der Waals surface area (Å²) in [5.74, 6) is -0.332. The minimum atomic E-state index is -0.793. The number of hydrogen-bond acceptors (Lipinski definition) is 6. The van der Waals surface area contributed by atoms with E-state index in [0.717, 1.165) is 0 Å². The van der Waals surface area contributed by atoms with Crippen LogP contribution in [-0.2, 0) is 9.53 Å². The third kappa shape index (κ3) is 4.20. The first-order chi connectivity index (χ1) is 9.47. The normalized spacial score (nSPS) is 11.8. The highest BCUT2D eigenvalue weighted by atomic mass is 16.6. The van der Waals surface area contributed by atoms with Gasteiger partial charge in [-0.2, -0.15) is 0 Å². The molecule has 0 saturated carbocycles. The quantitative estimate of drug-likeness (QED) is 0.462. The van der Waals surface area contributed by atoms with Crippen LogP contribution >= 0.6 is 0 Å². The Bertz CT molecular complexity index is 490. The lowest BCUT2D eigenvalue weighted by Crippen LogP contribution is -2.33. The van der Waals surface area contributed by atoms with Crippen LogP contribution in [0.5, 0.6) is 5.75 Å². The minimum Gasteiger partial charge on any atom is -0.487 e. The molecule has 0 radical (unpaired) electrons. The zero-order chi connectivity index (χ0) is 15.1. The highest BCUT2D eigenvalue weighted by Crippen LogP contribution is 2.30. The van der Waals surface area contributed by atoms with Gasteiger partial charge >= 0.3 is 11.7 Å². The lowest BCUT2D eigenvalue weighted by Gasteiger charge is -2.12. The van der Waals surface area contributed by atoms with Crippen molar-refractivity contribution in [1.82, 2.24) is 0 Å². The SMILES string of the molecule is CCOC(=O)C(N)CCOc1cccc(C)c1[N+](=O)[O-]. The summed E-state index contributed by atoms with van der Waals surface area (Å²) < 4.78 is 10.1. The maximum atomic E-state index is 11.3. The third-order valence-electron chi connectivity index (χ3n) is 2.66. The van der Waals surface area contributed by atoms with Crippen molar-refractivity contribution in [3.63, 3.8) is 0 Å². The molecular weight excluding hydrogens is 264 g/mol. The molecule has 0 saturated heterocycles. The molecule has 0 aromatic heterocycles. The Hall–Kier alpha value is -2.15. The lowest BCUT2D eigenvalue weighted by molar-refractivity contribution is -0.386. The zero-order valence-electron chi connectivity index (χ0n) is 11.5. The summed E-state index contributed by atoms with van der Waals surface area (Å²) in [6, 6.07) is 4.03. The average molecular weight is 282 g/mol. The summed E-state index contributed by atoms with van der Waals surface area (Å²) in [6.07, 6.45) is 0.226. The molecule has 1 aromatic rings. The van der Waals surface area contributed by atoms with Gasteiger partial charge in [-0.15, -0.1) is 0 Å². The summed E-state index contributed by atoms with van der Waals surface area (Å²) in [7, 11) is 0. The van der Waals surface area contributed by atoms with E-state index in [4.69, 9.17) is 15.2 Å². The molecule has 0 spiro atoms. The summed E-state index contributed by atoms with van der Waals surface area (Å²) in [6.45, 7) is 3.69. The number of nitro groups is 1. The molecule has 1 atom stereocenters. The minimum absolute atomic E-state index is 0.0720. The molecule has 0 heterocycles. The van der Waals surface area contributed by atoms with E-state index in [1.807, 2.05) is 0 Å². The number of carbonyl (C=O) groups excluding carboxylic acids is 1. The molecule has 0 bridgehead atoms. The van der Waals surface area contributed by atoms with Gasteiger partial charge in [0, 0.05) is 12.0 Å². The number of aryl methyl sites for hydroxylation is 1. The van der Waals surface area contributed by atoms with E-state index in [2.05, 4.69) is 0 Å². The van der Waals surface area contributed by atoms with Crippen molar-refractivity contribution < 1.29 is 19.2 Å². The van der Waals surface area contributed by atoms with Crippen molar-refractivity contribution in [1.29, 1.82) is 0 Å². The van der Waals surface area contributed by atoms with Crippen LogP contribution in [0.4, 0.5) is 5.69 Å². The van der Waals surface area contributed by atoms with Crippen LogP contribution in [0, 0.1) is 17.0 Å². The number of para-hydroxylation sites is 1. The van der Waals surface area contributed by atoms with Crippen LogP contribution < -0.4 is 10.5 Å². The van der Waals surface area contributed by atoms with Crippen LogP contribution in [-0.4, -0.2) is 30.1 Å². The van der Waals surface area contributed by atoms with E-state index >= 15 is 0 Å². The van der Waals surface area contributed by atoms with Gasteiger partial charge in [-0.25, -0.2) is 0 Å². The molecule has 0 fully saturated rings. The van der Waals surface area contributed by atoms with Gasteiger partial charge in [-0.3, -0.25) is 14.9 Å². The second-order valence-corrected chi connectivity index (χ2v) is 4.17. The van der Waals surface area contributed by atoms with Gasteiger partial charge in [-0.1, -0.05) is 12.1 Å². The summed E-state index contributed by atoms with van der Waals surface area (Å²) >= 11 is 0. The molecule has 2 N–H and O–H groups in total. The number of nitro benzene ring substituents is 1. The van der Waals surface area contributed by atoms with Crippen molar-refractivity contribution >= 4 is 11.7 Å². The average Bonchev–Trinajstić information content (AvgIpc) is 2.38. The number of carbonyl (C=O) groups is 1. The Labute approximate surface area is 116 Å². The number of nitrogens with zero attached hydrogens (tertiary/aromatic N) is 1. The number of ether oxygens (including phenoxy) is 2. The number of rotatable bonds is 7. The first-order valence-corrected chi connectivity index (χ1v) is 6.26. The molecule has 1 rings (SSSR count). The first kappa shape index (κ1) is 15.9. The molecule has 7 nitrogen and oxygen atoms in total. The van der Waals surface area contributed by atoms with E-state index in [1.165, 1.54) is 6.07 Å². The molecule has 1 unspecified atom stereocenters. The van der Waals surface area contributed by atoms with Gasteiger partial charge < -0.3 is 15.2 Å². The van der Waals surface area contributed by atoms with Gasteiger partial charge in [0.15, 0.2) is 5.75 Å².